The normalized spacial score (nSPS) is 28.8. The van der Waals surface area contributed by atoms with E-state index in [0.717, 1.165) is 122 Å². The van der Waals surface area contributed by atoms with Gasteiger partial charge in [0.15, 0.2) is 0 Å². The van der Waals surface area contributed by atoms with Crippen LogP contribution >= 0.6 is 0 Å². The van der Waals surface area contributed by atoms with Crippen molar-refractivity contribution in [1.29, 1.82) is 0 Å². The van der Waals surface area contributed by atoms with Crippen LogP contribution in [-0.2, 0) is 12.8 Å². The second kappa shape index (κ2) is 25.8. The Morgan fingerprint density at radius 2 is 0.949 bits per heavy atom. The maximum absolute atomic E-state index is 13.4. The van der Waals surface area contributed by atoms with E-state index in [1.165, 1.54) is 108 Å². The molecule has 2 saturated carbocycles. The van der Waals surface area contributed by atoms with Gasteiger partial charge in [-0.1, -0.05) is 127 Å². The van der Waals surface area contributed by atoms with E-state index in [0.29, 0.717) is 12.3 Å². The van der Waals surface area contributed by atoms with Crippen LogP contribution < -0.4 is 4.74 Å². The fourth-order valence-electron chi connectivity index (χ4n) is 10.5. The molecule has 2 aliphatic carbocycles. The second-order valence-corrected chi connectivity index (χ2v) is 19.4. The molecule has 2 saturated heterocycles. The summed E-state index contributed by atoms with van der Waals surface area (Å²) in [6, 6.07) is 15.1. The van der Waals surface area contributed by atoms with E-state index in [4.69, 9.17) is 4.74 Å². The van der Waals surface area contributed by atoms with Crippen LogP contribution in [0.4, 0.5) is 4.39 Å². The van der Waals surface area contributed by atoms with E-state index in [1.54, 1.807) is 7.11 Å². The fourth-order valence-corrected chi connectivity index (χ4v) is 10.5. The number of likely N-dealkylation sites (N-methyl/N-ethyl adjacent to an activating group) is 2. The van der Waals surface area contributed by atoms with Crippen LogP contribution in [0.15, 0.2) is 48.5 Å². The number of ether oxygens (including phenoxy) is 1. The molecule has 7 nitrogen and oxygen atoms in total. The number of halogens is 1. The van der Waals surface area contributed by atoms with Crippen molar-refractivity contribution in [3.8, 4) is 5.75 Å². The number of aliphatic hydroxyl groups is 2. The van der Waals surface area contributed by atoms with Crippen molar-refractivity contribution in [1.82, 2.24) is 19.6 Å². The molecule has 0 bridgehead atoms. The smallest absolute Gasteiger partial charge is 0.123 e. The summed E-state index contributed by atoms with van der Waals surface area (Å²) in [6.07, 6.45) is 25.9. The van der Waals surface area contributed by atoms with Gasteiger partial charge in [-0.15, -0.1) is 0 Å². The first kappa shape index (κ1) is 48.0. The Bertz CT molecular complexity index is 1410. The predicted octanol–water partition coefficient (Wildman–Crippen LogP) is 9.62. The molecule has 2 aromatic carbocycles. The van der Waals surface area contributed by atoms with E-state index >= 15 is 0 Å². The third-order valence-electron chi connectivity index (χ3n) is 14.6. The molecule has 334 valence electrons. The molecule has 4 atom stereocenters. The van der Waals surface area contributed by atoms with Gasteiger partial charge in [-0.25, -0.2) is 4.39 Å². The maximum atomic E-state index is 13.4. The first-order chi connectivity index (χ1) is 28.6. The van der Waals surface area contributed by atoms with E-state index in [-0.39, 0.29) is 11.7 Å². The summed E-state index contributed by atoms with van der Waals surface area (Å²) in [7, 11) is 6.13. The van der Waals surface area contributed by atoms with Crippen molar-refractivity contribution >= 4 is 0 Å². The van der Waals surface area contributed by atoms with E-state index < -0.39 is 11.2 Å². The summed E-state index contributed by atoms with van der Waals surface area (Å²) in [6.45, 7) is 11.0. The fraction of sp³-hybridized carbons (Fsp3) is 0.765. The molecule has 8 heteroatoms. The number of hydrogen-bond donors (Lipinski definition) is 2. The van der Waals surface area contributed by atoms with Crippen LogP contribution in [0.3, 0.4) is 0 Å². The summed E-state index contributed by atoms with van der Waals surface area (Å²) in [5.74, 6) is 1.32. The molecule has 2 aliphatic heterocycles. The minimum absolute atomic E-state index is 0.201. The molecule has 4 unspecified atom stereocenters. The SMILES string of the molecule is CN1CCN(CC2CCCCCCCCCCC2(O)Cc2ccc(F)cc2)CC1.COc1cccc(CC2(O)CCCCCCCCCCC2CN2CCN(C)CC2)c1. The third kappa shape index (κ3) is 17.0. The molecule has 0 radical (unpaired) electrons. The first-order valence-corrected chi connectivity index (χ1v) is 24.3. The molecule has 2 aromatic rings. The number of benzene rings is 2. The number of methoxy groups -OCH3 is 1. The Kier molecular flexibility index (Phi) is 20.9. The molecule has 2 N–H and O–H groups in total. The highest BCUT2D eigenvalue weighted by Crippen LogP contribution is 2.36. The highest BCUT2D eigenvalue weighted by Gasteiger charge is 2.39. The minimum atomic E-state index is -0.694. The Labute approximate surface area is 360 Å². The van der Waals surface area contributed by atoms with Gasteiger partial charge in [-0.3, -0.25) is 0 Å². The summed E-state index contributed by atoms with van der Waals surface area (Å²) < 4.78 is 18.9. The Morgan fingerprint density at radius 1 is 0.542 bits per heavy atom. The Balaban J connectivity index is 0.000000224. The summed E-state index contributed by atoms with van der Waals surface area (Å²) in [5.41, 5.74) is 0.937. The lowest BCUT2D eigenvalue weighted by atomic mass is 9.75. The zero-order chi connectivity index (χ0) is 41.8. The van der Waals surface area contributed by atoms with Crippen molar-refractivity contribution in [2.45, 2.75) is 152 Å². The molecule has 59 heavy (non-hydrogen) atoms. The number of hydrogen-bond acceptors (Lipinski definition) is 7. The van der Waals surface area contributed by atoms with Gasteiger partial charge in [-0.05, 0) is 75.2 Å². The second-order valence-electron chi connectivity index (χ2n) is 19.4. The summed E-state index contributed by atoms with van der Waals surface area (Å²) in [5, 5.41) is 24.1. The highest BCUT2D eigenvalue weighted by molar-refractivity contribution is 5.29. The van der Waals surface area contributed by atoms with Gasteiger partial charge in [-0.2, -0.15) is 0 Å². The Morgan fingerprint density at radius 3 is 1.39 bits per heavy atom. The van der Waals surface area contributed by atoms with E-state index in [1.807, 2.05) is 18.2 Å². The van der Waals surface area contributed by atoms with Crippen molar-refractivity contribution in [2.75, 3.05) is 86.7 Å². The van der Waals surface area contributed by atoms with Gasteiger partial charge < -0.3 is 34.5 Å². The van der Waals surface area contributed by atoms with Crippen molar-refractivity contribution < 1.29 is 19.3 Å². The van der Waals surface area contributed by atoms with Gasteiger partial charge in [0.2, 0.25) is 0 Å². The standard InChI is InChI=1S/C26H44N2O2.C25H41FN2O/c1-27-16-18-28(19-17-27)22-24-13-9-7-5-3-4-6-8-10-15-26(24,29)21-23-12-11-14-25(20-23)30-2;1-27-16-18-28(19-17-27)21-23-10-8-6-4-2-3-5-7-9-15-25(23,29)20-22-11-13-24(26)14-12-22/h11-12,14,20,24,29H,3-10,13,15-19,21-22H2,1-2H3;11-14,23,29H,2-10,15-21H2,1H3. The zero-order valence-corrected chi connectivity index (χ0v) is 37.9. The van der Waals surface area contributed by atoms with Crippen molar-refractivity contribution in [3.63, 3.8) is 0 Å². The van der Waals surface area contributed by atoms with Crippen LogP contribution in [0.25, 0.3) is 0 Å². The molecule has 4 aliphatic rings. The summed E-state index contributed by atoms with van der Waals surface area (Å²) in [4.78, 5) is 9.97. The monoisotopic (exact) mass is 821 g/mol. The molecule has 0 aromatic heterocycles. The first-order valence-electron chi connectivity index (χ1n) is 24.3. The van der Waals surface area contributed by atoms with Crippen molar-refractivity contribution in [3.05, 3.63) is 65.5 Å². The van der Waals surface area contributed by atoms with Gasteiger partial charge in [0.05, 0.1) is 18.3 Å². The molecule has 2 heterocycles. The number of rotatable bonds is 9. The maximum Gasteiger partial charge on any atom is 0.123 e. The number of nitrogens with zero attached hydrogens (tertiary/aromatic N) is 4. The molecular weight excluding hydrogens is 736 g/mol. The van der Waals surface area contributed by atoms with E-state index in [2.05, 4.69) is 51.9 Å². The van der Waals surface area contributed by atoms with Gasteiger partial charge in [0.1, 0.15) is 11.6 Å². The Hall–Kier alpha value is -2.07. The largest absolute Gasteiger partial charge is 0.497 e. The van der Waals surface area contributed by atoms with E-state index in [9.17, 15) is 14.6 Å². The lowest BCUT2D eigenvalue weighted by molar-refractivity contribution is -0.0483. The van der Waals surface area contributed by atoms with Crippen LogP contribution in [0, 0.1) is 17.7 Å². The average Bonchev–Trinajstić information content (AvgIpc) is 3.23. The van der Waals surface area contributed by atoms with Gasteiger partial charge >= 0.3 is 0 Å². The van der Waals surface area contributed by atoms with Crippen molar-refractivity contribution in [2.24, 2.45) is 11.8 Å². The third-order valence-corrected chi connectivity index (χ3v) is 14.6. The number of piperazine rings is 2. The van der Waals surface area contributed by atoms with Crippen LogP contribution in [0.1, 0.15) is 140 Å². The van der Waals surface area contributed by atoms with Gasteiger partial charge in [0, 0.05) is 90.1 Å². The zero-order valence-electron chi connectivity index (χ0n) is 37.9. The predicted molar refractivity (Wildman–Crippen MR) is 244 cm³/mol. The highest BCUT2D eigenvalue weighted by atomic mass is 19.1. The van der Waals surface area contributed by atoms with Crippen LogP contribution in [0.5, 0.6) is 5.75 Å². The quantitative estimate of drug-likeness (QED) is 0.262. The molecule has 0 spiro atoms. The molecular formula is C51H85FN4O3. The van der Waals surface area contributed by atoms with Crippen LogP contribution in [0.2, 0.25) is 0 Å². The van der Waals surface area contributed by atoms with Crippen LogP contribution in [-0.4, -0.2) is 128 Å². The molecule has 0 amide bonds. The summed E-state index contributed by atoms with van der Waals surface area (Å²) >= 11 is 0. The lowest BCUT2D eigenvalue weighted by Gasteiger charge is -2.42. The lowest BCUT2D eigenvalue weighted by Crippen LogP contribution is -2.51. The average molecular weight is 821 g/mol. The molecule has 4 fully saturated rings. The van der Waals surface area contributed by atoms with Gasteiger partial charge in [0.25, 0.3) is 0 Å². The molecule has 6 rings (SSSR count). The minimum Gasteiger partial charge on any atom is -0.497 e. The topological polar surface area (TPSA) is 62.7 Å².